The average Bonchev–Trinajstić information content (AvgIpc) is 2.54. The zero-order valence-electron chi connectivity index (χ0n) is 15.1. The highest BCUT2D eigenvalue weighted by molar-refractivity contribution is 7.89. The zero-order valence-corrected chi connectivity index (χ0v) is 15.9. The normalized spacial score (nSPS) is 14.2. The smallest absolute Gasteiger partial charge is 0.251 e. The molecule has 1 aromatic rings. The van der Waals surface area contributed by atoms with E-state index in [1.807, 2.05) is 20.8 Å². The Labute approximate surface area is 146 Å². The van der Waals surface area contributed by atoms with Gasteiger partial charge in [0, 0.05) is 17.6 Å². The molecule has 0 aromatic heterocycles. The van der Waals surface area contributed by atoms with Crippen LogP contribution in [0, 0.1) is 0 Å². The Balaban J connectivity index is 2.68. The van der Waals surface area contributed by atoms with Crippen LogP contribution >= 0.6 is 0 Å². The van der Waals surface area contributed by atoms with Gasteiger partial charge in [-0.05, 0) is 51.0 Å². The molecule has 0 saturated carbocycles. The monoisotopic (exact) mass is 354 g/mol. The van der Waals surface area contributed by atoms with Gasteiger partial charge in [-0.15, -0.1) is 0 Å². The number of unbranched alkanes of at least 4 members (excludes halogenated alkanes) is 2. The van der Waals surface area contributed by atoms with E-state index in [1.165, 1.54) is 12.1 Å². The second kappa shape index (κ2) is 9.79. The van der Waals surface area contributed by atoms with Gasteiger partial charge in [-0.1, -0.05) is 33.1 Å². The molecule has 2 atom stereocenters. The lowest BCUT2D eigenvalue weighted by Gasteiger charge is -2.14. The van der Waals surface area contributed by atoms with Gasteiger partial charge in [0.15, 0.2) is 0 Å². The molecule has 0 saturated heterocycles. The minimum absolute atomic E-state index is 0.111. The summed E-state index contributed by atoms with van der Waals surface area (Å²) < 4.78 is 27.0. The summed E-state index contributed by atoms with van der Waals surface area (Å²) in [4.78, 5) is 12.4. The first kappa shape index (κ1) is 20.6. The molecule has 0 heterocycles. The molecular weight excluding hydrogens is 324 g/mol. The molecule has 136 valence electrons. The average molecular weight is 355 g/mol. The van der Waals surface area contributed by atoms with E-state index in [9.17, 15) is 13.2 Å². The fourth-order valence-electron chi connectivity index (χ4n) is 2.28. The lowest BCUT2D eigenvalue weighted by atomic mass is 10.1. The summed E-state index contributed by atoms with van der Waals surface area (Å²) in [5, 5.41) is 2.95. The Morgan fingerprint density at radius 3 is 2.21 bits per heavy atom. The number of hydrogen-bond donors (Lipinski definition) is 2. The van der Waals surface area contributed by atoms with E-state index in [2.05, 4.69) is 17.0 Å². The molecule has 5 nitrogen and oxygen atoms in total. The van der Waals surface area contributed by atoms with Crippen LogP contribution in [0.3, 0.4) is 0 Å². The van der Waals surface area contributed by atoms with Crippen LogP contribution in [0.15, 0.2) is 29.2 Å². The number of sulfonamides is 1. The molecule has 1 rings (SSSR count). The van der Waals surface area contributed by atoms with Crippen LogP contribution in [0.4, 0.5) is 0 Å². The van der Waals surface area contributed by atoms with Crippen molar-refractivity contribution in [2.24, 2.45) is 0 Å². The van der Waals surface area contributed by atoms with Crippen molar-refractivity contribution in [3.63, 3.8) is 0 Å². The van der Waals surface area contributed by atoms with Gasteiger partial charge in [-0.2, -0.15) is 0 Å². The van der Waals surface area contributed by atoms with Crippen molar-refractivity contribution in [1.82, 2.24) is 10.0 Å². The summed E-state index contributed by atoms with van der Waals surface area (Å²) in [6, 6.07) is 6.04. The number of nitrogens with one attached hydrogen (secondary N) is 2. The lowest BCUT2D eigenvalue weighted by Crippen LogP contribution is -2.33. The SMILES string of the molecule is CCCCCC(C)NC(=O)c1ccc(S(=O)(=O)NC(C)CC)cc1. The zero-order chi connectivity index (χ0) is 18.2. The summed E-state index contributed by atoms with van der Waals surface area (Å²) >= 11 is 0. The molecule has 0 aliphatic carbocycles. The van der Waals surface area contributed by atoms with E-state index in [4.69, 9.17) is 0 Å². The van der Waals surface area contributed by atoms with Gasteiger partial charge in [0.25, 0.3) is 5.91 Å². The predicted molar refractivity (Wildman–Crippen MR) is 97.6 cm³/mol. The molecule has 0 radical (unpaired) electrons. The third kappa shape index (κ3) is 6.61. The van der Waals surface area contributed by atoms with Crippen LogP contribution in [-0.4, -0.2) is 26.4 Å². The van der Waals surface area contributed by atoms with Crippen LogP contribution < -0.4 is 10.0 Å². The second-order valence-corrected chi connectivity index (χ2v) is 8.04. The molecule has 0 bridgehead atoms. The maximum Gasteiger partial charge on any atom is 0.251 e. The largest absolute Gasteiger partial charge is 0.350 e. The van der Waals surface area contributed by atoms with Crippen molar-refractivity contribution in [3.8, 4) is 0 Å². The van der Waals surface area contributed by atoms with Gasteiger partial charge in [0.1, 0.15) is 0 Å². The highest BCUT2D eigenvalue weighted by Crippen LogP contribution is 2.12. The number of hydrogen-bond acceptors (Lipinski definition) is 3. The molecule has 0 aliphatic heterocycles. The maximum absolute atomic E-state index is 12.2. The summed E-state index contributed by atoms with van der Waals surface area (Å²) in [6.45, 7) is 7.87. The number of rotatable bonds is 10. The van der Waals surface area contributed by atoms with Gasteiger partial charge >= 0.3 is 0 Å². The lowest BCUT2D eigenvalue weighted by molar-refractivity contribution is 0.0938. The highest BCUT2D eigenvalue weighted by atomic mass is 32.2. The van der Waals surface area contributed by atoms with Crippen molar-refractivity contribution in [2.75, 3.05) is 0 Å². The van der Waals surface area contributed by atoms with Crippen LogP contribution in [0.25, 0.3) is 0 Å². The summed E-state index contributed by atoms with van der Waals surface area (Å²) in [7, 11) is -3.53. The van der Waals surface area contributed by atoms with Crippen molar-refractivity contribution in [3.05, 3.63) is 29.8 Å². The molecule has 1 aromatic carbocycles. The van der Waals surface area contributed by atoms with Gasteiger partial charge in [-0.25, -0.2) is 13.1 Å². The van der Waals surface area contributed by atoms with Crippen LogP contribution in [0.1, 0.15) is 70.2 Å². The molecule has 0 spiro atoms. The Bertz CT molecular complexity index is 612. The molecule has 6 heteroatoms. The third-order valence-corrected chi connectivity index (χ3v) is 5.62. The van der Waals surface area contributed by atoms with E-state index in [-0.39, 0.29) is 22.9 Å². The van der Waals surface area contributed by atoms with Gasteiger partial charge in [0.05, 0.1) is 4.90 Å². The minimum Gasteiger partial charge on any atom is -0.350 e. The van der Waals surface area contributed by atoms with Crippen LogP contribution in [0.2, 0.25) is 0 Å². The van der Waals surface area contributed by atoms with Gasteiger partial charge in [-0.3, -0.25) is 4.79 Å². The second-order valence-electron chi connectivity index (χ2n) is 6.33. The van der Waals surface area contributed by atoms with E-state index >= 15 is 0 Å². The Kier molecular flexibility index (Phi) is 8.42. The predicted octanol–water partition coefficient (Wildman–Crippen LogP) is 3.46. The van der Waals surface area contributed by atoms with Crippen LogP contribution in [-0.2, 0) is 10.0 Å². The molecule has 24 heavy (non-hydrogen) atoms. The summed E-state index contributed by atoms with van der Waals surface area (Å²) in [6.07, 6.45) is 5.08. The van der Waals surface area contributed by atoms with Crippen LogP contribution in [0.5, 0.6) is 0 Å². The molecule has 2 N–H and O–H groups in total. The van der Waals surface area contributed by atoms with Gasteiger partial charge in [0.2, 0.25) is 10.0 Å². The molecular formula is C18H30N2O3S. The minimum atomic E-state index is -3.53. The fraction of sp³-hybridized carbons (Fsp3) is 0.611. The Morgan fingerprint density at radius 2 is 1.67 bits per heavy atom. The first-order valence-corrected chi connectivity index (χ1v) is 10.2. The molecule has 1 amide bonds. The fourth-order valence-corrected chi connectivity index (χ4v) is 3.61. The number of carbonyl (C=O) groups excluding carboxylic acids is 1. The summed E-state index contributed by atoms with van der Waals surface area (Å²) in [5.74, 6) is -0.169. The first-order chi connectivity index (χ1) is 11.3. The topological polar surface area (TPSA) is 75.3 Å². The van der Waals surface area contributed by atoms with Crippen molar-refractivity contribution in [1.29, 1.82) is 0 Å². The quantitative estimate of drug-likeness (QED) is 0.632. The van der Waals surface area contributed by atoms with E-state index in [0.29, 0.717) is 5.56 Å². The first-order valence-electron chi connectivity index (χ1n) is 8.73. The number of amides is 1. The number of carbonyl (C=O) groups is 1. The maximum atomic E-state index is 12.2. The third-order valence-electron chi connectivity index (χ3n) is 4.01. The molecule has 2 unspecified atom stereocenters. The standard InChI is InChI=1S/C18H30N2O3S/c1-5-7-8-9-15(4)19-18(21)16-10-12-17(13-11-16)24(22,23)20-14(3)6-2/h10-15,20H,5-9H2,1-4H3,(H,19,21). The van der Waals surface area contributed by atoms with E-state index in [0.717, 1.165) is 32.1 Å². The summed E-state index contributed by atoms with van der Waals surface area (Å²) in [5.41, 5.74) is 0.472. The van der Waals surface area contributed by atoms with E-state index in [1.54, 1.807) is 12.1 Å². The Morgan fingerprint density at radius 1 is 1.04 bits per heavy atom. The van der Waals surface area contributed by atoms with Gasteiger partial charge < -0.3 is 5.32 Å². The van der Waals surface area contributed by atoms with Crippen molar-refractivity contribution >= 4 is 15.9 Å². The van der Waals surface area contributed by atoms with Crippen molar-refractivity contribution in [2.45, 2.75) is 76.8 Å². The molecule has 0 aliphatic rings. The Hall–Kier alpha value is -1.40. The van der Waals surface area contributed by atoms with E-state index < -0.39 is 10.0 Å². The highest BCUT2D eigenvalue weighted by Gasteiger charge is 2.17. The molecule has 0 fully saturated rings. The number of benzene rings is 1. The van der Waals surface area contributed by atoms with Crippen molar-refractivity contribution < 1.29 is 13.2 Å².